The van der Waals surface area contributed by atoms with E-state index in [1.54, 1.807) is 47.2 Å². The van der Waals surface area contributed by atoms with Crippen LogP contribution in [0.2, 0.25) is 0 Å². The Morgan fingerprint density at radius 3 is 2.56 bits per heavy atom. The number of aryl methyl sites for hydroxylation is 1. The minimum absolute atomic E-state index is 0.0392. The number of nitrogens with zero attached hydrogens (tertiary/aromatic N) is 5. The molecule has 3 amide bonds. The number of hydrogen-bond acceptors (Lipinski definition) is 14. The average molecular weight is 865 g/mol. The Balaban J connectivity index is 0.899. The van der Waals surface area contributed by atoms with Crippen molar-refractivity contribution in [2.45, 2.75) is 95.0 Å². The van der Waals surface area contributed by atoms with Crippen molar-refractivity contribution in [3.05, 3.63) is 88.8 Å². The van der Waals surface area contributed by atoms with Crippen molar-refractivity contribution in [2.24, 2.45) is 5.92 Å². The van der Waals surface area contributed by atoms with Crippen molar-refractivity contribution >= 4 is 40.8 Å². The van der Waals surface area contributed by atoms with E-state index in [2.05, 4.69) is 36.3 Å². The summed E-state index contributed by atoms with van der Waals surface area (Å²) >= 11 is 1.56. The van der Waals surface area contributed by atoms with E-state index in [0.717, 1.165) is 27.3 Å². The maximum Gasteiger partial charge on any atom is 0.329 e. The van der Waals surface area contributed by atoms with Gasteiger partial charge >= 0.3 is 5.97 Å². The number of aliphatic carboxylic acids is 1. The Morgan fingerprint density at radius 2 is 1.85 bits per heavy atom. The third kappa shape index (κ3) is 8.31. The lowest BCUT2D eigenvalue weighted by atomic mass is 9.72. The predicted molar refractivity (Wildman–Crippen MR) is 226 cm³/mol. The number of carboxylic acids is 1. The first kappa shape index (κ1) is 42.3. The molecule has 18 heteroatoms. The highest BCUT2D eigenvalue weighted by molar-refractivity contribution is 7.13. The average Bonchev–Trinajstić information content (AvgIpc) is 4.06. The maximum absolute atomic E-state index is 14.2. The molecule has 2 aromatic carbocycles. The predicted octanol–water partition coefficient (Wildman–Crippen LogP) is 4.93. The summed E-state index contributed by atoms with van der Waals surface area (Å²) in [7, 11) is 0. The molecule has 1 aliphatic carbocycles. The van der Waals surface area contributed by atoms with Crippen LogP contribution in [-0.2, 0) is 19.2 Å². The summed E-state index contributed by atoms with van der Waals surface area (Å²) in [4.78, 5) is 60.9. The molecule has 0 radical (unpaired) electrons. The fourth-order valence-electron chi connectivity index (χ4n) is 8.93. The first-order valence-corrected chi connectivity index (χ1v) is 21.4. The molecule has 62 heavy (non-hydrogen) atoms. The number of ether oxygens (including phenoxy) is 1. The molecule has 0 bridgehead atoms. The number of phenolic OH excluding ortho intramolecular Hbond substituents is 1. The number of carbonyl (C=O) groups is 4. The van der Waals surface area contributed by atoms with Gasteiger partial charge in [0, 0.05) is 42.1 Å². The molecule has 6 N–H and O–H groups in total. The molecule has 5 aromatic rings. The molecule has 1 saturated carbocycles. The van der Waals surface area contributed by atoms with Crippen LogP contribution in [0, 0.1) is 12.8 Å². The number of anilines is 1. The fraction of sp³-hybridized carbons (Fsp3) is 0.409. The highest BCUT2D eigenvalue weighted by Crippen LogP contribution is 2.47. The third-order valence-electron chi connectivity index (χ3n) is 12.2. The van der Waals surface area contributed by atoms with Gasteiger partial charge in [0.1, 0.15) is 23.2 Å². The van der Waals surface area contributed by atoms with E-state index in [-0.39, 0.29) is 67.1 Å². The standard InChI is InChI=1S/C44H48N8O9S/c1-22(2)38(42(57)52-19-27(53)15-33(52)41(56)46-23(3)25-9-11-26(12-10-25)39-24(4)45-21-62-39)35-17-37(51-61-35)60-20-36(55)48-44(43(58)59)14-13-31-30(18-44)29-16-32(49-50-40(29)47-31)28-7-5-6-8-34(28)54/h5-12,16-17,21-23,27,30-31,33,38,53-54H,13-15,18-20H2,1-4H3,(H,46,56)(H,47,50)(H,48,55)(H,58,59)/t23-,27+,30?,31?,33-,38?,44-/m0/s1. The zero-order valence-corrected chi connectivity index (χ0v) is 35.4. The number of carbonyl (C=O) groups excluding carboxylic acids is 3. The van der Waals surface area contributed by atoms with E-state index in [1.807, 2.05) is 52.0 Å². The Morgan fingerprint density at radius 1 is 1.08 bits per heavy atom. The number of para-hydroxylation sites is 1. The summed E-state index contributed by atoms with van der Waals surface area (Å²) in [6, 6.07) is 16.4. The van der Waals surface area contributed by atoms with Crippen molar-refractivity contribution < 1.29 is 43.8 Å². The van der Waals surface area contributed by atoms with Gasteiger partial charge in [-0.1, -0.05) is 50.2 Å². The molecule has 3 aromatic heterocycles. The first-order valence-electron chi connectivity index (χ1n) is 20.6. The van der Waals surface area contributed by atoms with Gasteiger partial charge in [0.2, 0.25) is 11.8 Å². The molecule has 2 aliphatic heterocycles. The van der Waals surface area contributed by atoms with Crippen LogP contribution in [0.1, 0.15) is 86.9 Å². The summed E-state index contributed by atoms with van der Waals surface area (Å²) in [5, 5.41) is 53.2. The number of aromatic nitrogens is 4. The minimum Gasteiger partial charge on any atom is -0.507 e. The van der Waals surface area contributed by atoms with E-state index in [0.29, 0.717) is 23.5 Å². The van der Waals surface area contributed by atoms with Crippen LogP contribution in [0.25, 0.3) is 21.7 Å². The fourth-order valence-corrected chi connectivity index (χ4v) is 9.74. The maximum atomic E-state index is 14.2. The van der Waals surface area contributed by atoms with Crippen molar-refractivity contribution in [3.8, 4) is 33.3 Å². The molecular weight excluding hydrogens is 817 g/mol. The number of rotatable bonds is 13. The summed E-state index contributed by atoms with van der Waals surface area (Å²) in [6.45, 7) is 6.82. The second-order valence-corrected chi connectivity index (χ2v) is 17.5. The molecule has 7 atom stereocenters. The van der Waals surface area contributed by atoms with Gasteiger partial charge in [-0.05, 0) is 73.5 Å². The Labute approximate surface area is 360 Å². The number of likely N-dealkylation sites (tertiary alicyclic amines) is 1. The molecule has 8 rings (SSSR count). The van der Waals surface area contributed by atoms with Crippen LogP contribution in [0.15, 0.2) is 70.7 Å². The second kappa shape index (κ2) is 17.2. The number of carboxylic acid groups (broad SMARTS) is 1. The molecule has 17 nitrogen and oxygen atoms in total. The van der Waals surface area contributed by atoms with Crippen LogP contribution in [0.3, 0.4) is 0 Å². The Hall–Kier alpha value is -6.40. The van der Waals surface area contributed by atoms with E-state index < -0.39 is 53.9 Å². The normalized spacial score (nSPS) is 22.6. The van der Waals surface area contributed by atoms with E-state index >= 15 is 0 Å². The van der Waals surface area contributed by atoms with Crippen molar-refractivity contribution in [1.29, 1.82) is 0 Å². The molecule has 2 fully saturated rings. The van der Waals surface area contributed by atoms with Crippen molar-refractivity contribution in [2.75, 3.05) is 18.5 Å². The van der Waals surface area contributed by atoms with Gasteiger partial charge in [-0.15, -0.1) is 21.5 Å². The van der Waals surface area contributed by atoms with Gasteiger partial charge in [-0.2, -0.15) is 0 Å². The molecule has 0 spiro atoms. The van der Waals surface area contributed by atoms with Crippen LogP contribution < -0.4 is 20.7 Å². The lowest BCUT2D eigenvalue weighted by molar-refractivity contribution is -0.150. The van der Waals surface area contributed by atoms with Crippen LogP contribution in [-0.4, -0.2) is 101 Å². The van der Waals surface area contributed by atoms with E-state index in [9.17, 15) is 34.5 Å². The Bertz CT molecular complexity index is 2490. The van der Waals surface area contributed by atoms with Crippen LogP contribution in [0.5, 0.6) is 11.6 Å². The zero-order chi connectivity index (χ0) is 43.9. The summed E-state index contributed by atoms with van der Waals surface area (Å²) in [5.74, 6) is -3.64. The number of benzene rings is 2. The van der Waals surface area contributed by atoms with Gasteiger partial charge in [0.05, 0.1) is 33.9 Å². The van der Waals surface area contributed by atoms with E-state index in [1.165, 1.54) is 11.0 Å². The number of amides is 3. The van der Waals surface area contributed by atoms with Crippen LogP contribution in [0.4, 0.5) is 5.82 Å². The molecule has 324 valence electrons. The largest absolute Gasteiger partial charge is 0.507 e. The van der Waals surface area contributed by atoms with Gasteiger partial charge in [-0.3, -0.25) is 14.4 Å². The number of aromatic hydroxyl groups is 1. The number of fused-ring (bicyclic) bond motifs is 3. The van der Waals surface area contributed by atoms with Gasteiger partial charge < -0.3 is 45.4 Å². The molecule has 3 aliphatic rings. The lowest BCUT2D eigenvalue weighted by Gasteiger charge is -2.39. The summed E-state index contributed by atoms with van der Waals surface area (Å²) < 4.78 is 11.2. The SMILES string of the molecule is Cc1ncsc1-c1ccc([C@H](C)NC(=O)[C@@H]2C[C@@H](O)CN2C(=O)C(c2cc(OCC(=O)N[C@@]3(C(=O)O)CCC4Nc5nnc(-c6ccccc6O)cc5C4C3)no2)C(C)C)cc1. The van der Waals surface area contributed by atoms with Gasteiger partial charge in [0.25, 0.3) is 11.8 Å². The summed E-state index contributed by atoms with van der Waals surface area (Å²) in [5.41, 5.74) is 4.72. The quantitative estimate of drug-likeness (QED) is 0.0920. The van der Waals surface area contributed by atoms with Gasteiger partial charge in [0.15, 0.2) is 18.2 Å². The van der Waals surface area contributed by atoms with Gasteiger partial charge in [-0.25, -0.2) is 9.78 Å². The highest BCUT2D eigenvalue weighted by atomic mass is 32.1. The monoisotopic (exact) mass is 864 g/mol. The highest BCUT2D eigenvalue weighted by Gasteiger charge is 2.51. The first-order chi connectivity index (χ1) is 29.7. The number of aliphatic hydroxyl groups is 1. The number of aliphatic hydroxyl groups excluding tert-OH is 1. The number of hydrogen-bond donors (Lipinski definition) is 6. The molecule has 3 unspecified atom stereocenters. The minimum atomic E-state index is -1.61. The number of nitrogens with one attached hydrogen (secondary N) is 3. The smallest absolute Gasteiger partial charge is 0.329 e. The van der Waals surface area contributed by atoms with Crippen LogP contribution >= 0.6 is 11.3 Å². The lowest BCUT2D eigenvalue weighted by Crippen LogP contribution is -2.59. The number of phenols is 1. The molecule has 1 saturated heterocycles. The summed E-state index contributed by atoms with van der Waals surface area (Å²) in [6.07, 6.45) is -0.206. The van der Waals surface area contributed by atoms with Crippen molar-refractivity contribution in [3.63, 3.8) is 0 Å². The Kier molecular flexibility index (Phi) is 11.7. The number of thiazole rings is 1. The third-order valence-corrected chi connectivity index (χ3v) is 13.2. The number of β-amino-alcohol motifs (C(OH)–C–C–N with tert-alkyl or cyclic N) is 1. The van der Waals surface area contributed by atoms with E-state index in [4.69, 9.17) is 9.26 Å². The topological polar surface area (TPSA) is 242 Å². The molecular formula is C44H48N8O9S. The molecule has 5 heterocycles. The van der Waals surface area contributed by atoms with Crippen molar-refractivity contribution in [1.82, 2.24) is 35.9 Å². The second-order valence-electron chi connectivity index (χ2n) is 16.7. The zero-order valence-electron chi connectivity index (χ0n) is 34.6.